The van der Waals surface area contributed by atoms with Gasteiger partial charge in [0.15, 0.2) is 9.84 Å². The van der Waals surface area contributed by atoms with Gasteiger partial charge in [0.1, 0.15) is 0 Å². The summed E-state index contributed by atoms with van der Waals surface area (Å²) >= 11 is 1.67. The maximum atomic E-state index is 13.3. The first kappa shape index (κ1) is 20.6. The lowest BCUT2D eigenvalue weighted by atomic mass is 10.1. The Morgan fingerprint density at radius 1 is 1.07 bits per heavy atom. The highest BCUT2D eigenvalue weighted by molar-refractivity contribution is 7.91. The van der Waals surface area contributed by atoms with Gasteiger partial charge in [-0.1, -0.05) is 49.2 Å². The van der Waals surface area contributed by atoms with Crippen LogP contribution in [0.5, 0.6) is 0 Å². The van der Waals surface area contributed by atoms with Crippen LogP contribution in [0.2, 0.25) is 0 Å². The van der Waals surface area contributed by atoms with Gasteiger partial charge in [-0.05, 0) is 36.3 Å². The predicted octanol–water partition coefficient (Wildman–Crippen LogP) is 3.39. The summed E-state index contributed by atoms with van der Waals surface area (Å²) in [5.41, 5.74) is 1.12. The van der Waals surface area contributed by atoms with Gasteiger partial charge in [-0.2, -0.15) is 0 Å². The molecule has 1 amide bonds. The van der Waals surface area contributed by atoms with Crippen LogP contribution in [0, 0.1) is 0 Å². The van der Waals surface area contributed by atoms with E-state index in [1.54, 1.807) is 11.3 Å². The Hall–Kier alpha value is -1.70. The van der Waals surface area contributed by atoms with Crippen molar-refractivity contribution < 1.29 is 13.2 Å². The fraction of sp³-hybridized carbons (Fsp3) is 0.500. The summed E-state index contributed by atoms with van der Waals surface area (Å²) < 4.78 is 24.1. The number of carbonyl (C=O) groups is 1. The van der Waals surface area contributed by atoms with E-state index in [0.29, 0.717) is 6.42 Å². The quantitative estimate of drug-likeness (QED) is 0.728. The number of hydrogen-bond acceptors (Lipinski definition) is 5. The van der Waals surface area contributed by atoms with E-state index >= 15 is 0 Å². The summed E-state index contributed by atoms with van der Waals surface area (Å²) in [6, 6.07) is 14.2. The summed E-state index contributed by atoms with van der Waals surface area (Å²) in [5, 5.41) is 5.50. The molecular weight excluding hydrogens is 404 g/mol. The standard InChI is InChI=1S/C22H28N2O3S2/c25-21(24(18-9-4-5-10-18)19-12-14-29(26,27)16-19)15-23-22(20-11-6-13-28-20)17-7-2-1-3-8-17/h1-3,6-8,11,13,18-19,22-23H,4-5,9-10,12,14-16H2/t19-,22+/m0/s1. The van der Waals surface area contributed by atoms with Crippen LogP contribution in [-0.4, -0.2) is 49.4 Å². The van der Waals surface area contributed by atoms with Crippen LogP contribution in [-0.2, 0) is 14.6 Å². The third-order valence-corrected chi connectivity index (χ3v) is 8.71. The van der Waals surface area contributed by atoms with Gasteiger partial charge in [-0.3, -0.25) is 10.1 Å². The maximum absolute atomic E-state index is 13.3. The van der Waals surface area contributed by atoms with Crippen molar-refractivity contribution >= 4 is 27.1 Å². The Morgan fingerprint density at radius 2 is 1.83 bits per heavy atom. The van der Waals surface area contributed by atoms with Gasteiger partial charge >= 0.3 is 0 Å². The average Bonchev–Trinajstić information content (AvgIpc) is 3.46. The summed E-state index contributed by atoms with van der Waals surface area (Å²) in [5.74, 6) is 0.336. The van der Waals surface area contributed by atoms with Crippen molar-refractivity contribution in [1.82, 2.24) is 10.2 Å². The smallest absolute Gasteiger partial charge is 0.237 e. The molecule has 2 aliphatic rings. The Kier molecular flexibility index (Phi) is 6.37. The number of nitrogens with one attached hydrogen (secondary N) is 1. The summed E-state index contributed by atoms with van der Waals surface area (Å²) in [4.78, 5) is 16.4. The minimum Gasteiger partial charge on any atom is -0.335 e. The fourth-order valence-electron chi connectivity index (χ4n) is 4.65. The molecule has 4 rings (SSSR count). The number of hydrogen-bond donors (Lipinski definition) is 1. The van der Waals surface area contributed by atoms with Crippen molar-refractivity contribution in [2.24, 2.45) is 0 Å². The van der Waals surface area contributed by atoms with E-state index in [1.165, 1.54) is 4.88 Å². The molecule has 5 nitrogen and oxygen atoms in total. The maximum Gasteiger partial charge on any atom is 0.237 e. The van der Waals surface area contributed by atoms with Gasteiger partial charge in [0.25, 0.3) is 0 Å². The molecule has 1 aliphatic heterocycles. The number of benzene rings is 1. The number of carbonyl (C=O) groups excluding carboxylic acids is 1. The van der Waals surface area contributed by atoms with Crippen molar-refractivity contribution in [3.63, 3.8) is 0 Å². The number of rotatable bonds is 7. The second-order valence-electron chi connectivity index (χ2n) is 8.04. The monoisotopic (exact) mass is 432 g/mol. The highest BCUT2D eigenvalue weighted by Gasteiger charge is 2.39. The lowest BCUT2D eigenvalue weighted by molar-refractivity contribution is -0.134. The molecule has 156 valence electrons. The largest absolute Gasteiger partial charge is 0.335 e. The number of sulfone groups is 1. The lowest BCUT2D eigenvalue weighted by Gasteiger charge is -2.34. The van der Waals surface area contributed by atoms with Crippen LogP contribution in [0.25, 0.3) is 0 Å². The highest BCUT2D eigenvalue weighted by atomic mass is 32.2. The minimum absolute atomic E-state index is 0.0245. The molecule has 2 heterocycles. The number of amides is 1. The summed E-state index contributed by atoms with van der Waals surface area (Å²) in [6.45, 7) is 0.213. The molecule has 1 N–H and O–H groups in total. The molecule has 29 heavy (non-hydrogen) atoms. The lowest BCUT2D eigenvalue weighted by Crippen LogP contribution is -2.50. The zero-order valence-electron chi connectivity index (χ0n) is 16.5. The van der Waals surface area contributed by atoms with Gasteiger partial charge < -0.3 is 4.90 Å². The van der Waals surface area contributed by atoms with E-state index in [9.17, 15) is 13.2 Å². The Labute approximate surface area is 177 Å². The van der Waals surface area contributed by atoms with E-state index in [1.807, 2.05) is 34.5 Å². The number of nitrogens with zero attached hydrogens (tertiary/aromatic N) is 1. The van der Waals surface area contributed by atoms with E-state index in [4.69, 9.17) is 0 Å². The topological polar surface area (TPSA) is 66.5 Å². The van der Waals surface area contributed by atoms with Crippen LogP contribution in [0.1, 0.15) is 48.6 Å². The van der Waals surface area contributed by atoms with E-state index in [2.05, 4.69) is 23.5 Å². The molecule has 2 fully saturated rings. The summed E-state index contributed by atoms with van der Waals surface area (Å²) in [6.07, 6.45) is 4.76. The molecule has 2 atom stereocenters. The van der Waals surface area contributed by atoms with Crippen molar-refractivity contribution in [3.8, 4) is 0 Å². The molecular formula is C22H28N2O3S2. The Bertz CT molecular complexity index is 907. The van der Waals surface area contributed by atoms with Crippen LogP contribution >= 0.6 is 11.3 Å². The first-order chi connectivity index (χ1) is 14.0. The first-order valence-electron chi connectivity index (χ1n) is 10.4. The van der Waals surface area contributed by atoms with Gasteiger partial charge in [0.2, 0.25) is 5.91 Å². The fourth-order valence-corrected chi connectivity index (χ4v) is 7.19. The van der Waals surface area contributed by atoms with Gasteiger partial charge in [-0.15, -0.1) is 11.3 Å². The van der Waals surface area contributed by atoms with Crippen molar-refractivity contribution in [2.45, 2.75) is 50.2 Å². The third-order valence-electron chi connectivity index (χ3n) is 6.03. The van der Waals surface area contributed by atoms with E-state index < -0.39 is 9.84 Å². The molecule has 1 aromatic heterocycles. The molecule has 1 saturated heterocycles. The second kappa shape index (κ2) is 8.98. The predicted molar refractivity (Wildman–Crippen MR) is 117 cm³/mol. The molecule has 0 radical (unpaired) electrons. The molecule has 0 spiro atoms. The number of thiophene rings is 1. The molecule has 2 aromatic rings. The average molecular weight is 433 g/mol. The Balaban J connectivity index is 1.50. The van der Waals surface area contributed by atoms with Crippen LogP contribution < -0.4 is 5.32 Å². The molecule has 0 bridgehead atoms. The molecule has 1 aromatic carbocycles. The third kappa shape index (κ3) is 4.90. The SMILES string of the molecule is O=C(CN[C@H](c1ccccc1)c1cccs1)N(C1CCCC1)[C@H]1CCS(=O)(=O)C1. The van der Waals surface area contributed by atoms with Crippen LogP contribution in [0.15, 0.2) is 47.8 Å². The zero-order chi connectivity index (χ0) is 20.3. The molecule has 7 heteroatoms. The minimum atomic E-state index is -3.03. The van der Waals surface area contributed by atoms with Gasteiger partial charge in [-0.25, -0.2) is 8.42 Å². The van der Waals surface area contributed by atoms with Crippen LogP contribution in [0.3, 0.4) is 0 Å². The van der Waals surface area contributed by atoms with Crippen molar-refractivity contribution in [3.05, 3.63) is 58.3 Å². The molecule has 0 unspecified atom stereocenters. The van der Waals surface area contributed by atoms with E-state index in [-0.39, 0.29) is 42.1 Å². The van der Waals surface area contributed by atoms with Gasteiger partial charge in [0.05, 0.1) is 24.1 Å². The molecule has 1 aliphatic carbocycles. The molecule has 1 saturated carbocycles. The van der Waals surface area contributed by atoms with Crippen molar-refractivity contribution in [2.75, 3.05) is 18.1 Å². The first-order valence-corrected chi connectivity index (χ1v) is 13.1. The summed E-state index contributed by atoms with van der Waals surface area (Å²) in [7, 11) is -3.03. The zero-order valence-corrected chi connectivity index (χ0v) is 18.1. The van der Waals surface area contributed by atoms with Crippen LogP contribution in [0.4, 0.5) is 0 Å². The highest BCUT2D eigenvalue weighted by Crippen LogP contribution is 2.30. The van der Waals surface area contributed by atoms with Crippen molar-refractivity contribution in [1.29, 1.82) is 0 Å². The van der Waals surface area contributed by atoms with E-state index in [0.717, 1.165) is 31.2 Å². The second-order valence-corrected chi connectivity index (χ2v) is 11.2. The Morgan fingerprint density at radius 3 is 2.45 bits per heavy atom. The normalized spacial score (nSPS) is 22.6. The van der Waals surface area contributed by atoms with Gasteiger partial charge in [0, 0.05) is 17.0 Å².